The summed E-state index contributed by atoms with van der Waals surface area (Å²) in [5.41, 5.74) is 4.62. The standard InChI is InChI=1S/C17H17N5O/c1-10-5-8-19-15-14(10)20-16(21-15)17(23)22-9-6-13-12(11(22)2)4-3-7-18-13/h3-5,7-8,11H,6,9H2,1-2H3,(H,19,20,21). The van der Waals surface area contributed by atoms with Crippen molar-refractivity contribution in [1.82, 2.24) is 24.8 Å². The molecule has 0 saturated heterocycles. The van der Waals surface area contributed by atoms with E-state index in [1.165, 1.54) is 0 Å². The first kappa shape index (κ1) is 13.9. The van der Waals surface area contributed by atoms with Gasteiger partial charge < -0.3 is 9.88 Å². The number of imidazole rings is 1. The van der Waals surface area contributed by atoms with E-state index in [-0.39, 0.29) is 11.9 Å². The van der Waals surface area contributed by atoms with Crippen molar-refractivity contribution in [1.29, 1.82) is 0 Å². The Balaban J connectivity index is 1.70. The number of pyridine rings is 2. The summed E-state index contributed by atoms with van der Waals surface area (Å²) >= 11 is 0. The van der Waals surface area contributed by atoms with Gasteiger partial charge in [-0.2, -0.15) is 0 Å². The number of hydrogen-bond donors (Lipinski definition) is 1. The van der Waals surface area contributed by atoms with Crippen LogP contribution in [0.15, 0.2) is 30.6 Å². The molecular formula is C17H17N5O. The number of hydrogen-bond acceptors (Lipinski definition) is 4. The van der Waals surface area contributed by atoms with Crippen LogP contribution in [-0.2, 0) is 6.42 Å². The zero-order valence-corrected chi connectivity index (χ0v) is 13.1. The fourth-order valence-corrected chi connectivity index (χ4v) is 3.18. The van der Waals surface area contributed by atoms with E-state index in [1.807, 2.05) is 36.9 Å². The minimum atomic E-state index is -0.0931. The van der Waals surface area contributed by atoms with E-state index in [0.29, 0.717) is 18.0 Å². The molecule has 116 valence electrons. The molecule has 0 radical (unpaired) electrons. The number of aryl methyl sites for hydroxylation is 1. The van der Waals surface area contributed by atoms with Crippen LogP contribution in [0.5, 0.6) is 0 Å². The SMILES string of the molecule is Cc1ccnc2nc(C(=O)N3CCc4ncccc4C3C)[nH]c12. The second-order valence-electron chi connectivity index (χ2n) is 5.88. The molecule has 1 aliphatic heterocycles. The fraction of sp³-hybridized carbons (Fsp3) is 0.294. The number of fused-ring (bicyclic) bond motifs is 2. The zero-order valence-electron chi connectivity index (χ0n) is 13.1. The summed E-state index contributed by atoms with van der Waals surface area (Å²) in [6, 6.07) is 5.84. The highest BCUT2D eigenvalue weighted by Crippen LogP contribution is 2.29. The minimum Gasteiger partial charge on any atom is -0.332 e. The van der Waals surface area contributed by atoms with Gasteiger partial charge in [0.25, 0.3) is 5.91 Å². The Morgan fingerprint density at radius 2 is 2.17 bits per heavy atom. The molecule has 1 unspecified atom stereocenters. The molecule has 3 aromatic heterocycles. The molecule has 0 aromatic carbocycles. The quantitative estimate of drug-likeness (QED) is 0.749. The molecule has 0 bridgehead atoms. The van der Waals surface area contributed by atoms with Crippen molar-refractivity contribution in [3.05, 3.63) is 53.2 Å². The molecule has 0 saturated carbocycles. The van der Waals surface area contributed by atoms with Crippen molar-refractivity contribution in [2.75, 3.05) is 6.54 Å². The van der Waals surface area contributed by atoms with Gasteiger partial charge in [0.2, 0.25) is 0 Å². The van der Waals surface area contributed by atoms with Gasteiger partial charge in [-0.3, -0.25) is 9.78 Å². The molecule has 1 N–H and O–H groups in total. The van der Waals surface area contributed by atoms with Crippen LogP contribution in [0.25, 0.3) is 11.2 Å². The largest absolute Gasteiger partial charge is 0.332 e. The Hall–Kier alpha value is -2.76. The van der Waals surface area contributed by atoms with Crippen LogP contribution >= 0.6 is 0 Å². The van der Waals surface area contributed by atoms with Gasteiger partial charge in [-0.05, 0) is 37.1 Å². The van der Waals surface area contributed by atoms with Gasteiger partial charge in [0.1, 0.15) is 0 Å². The fourth-order valence-electron chi connectivity index (χ4n) is 3.18. The highest BCUT2D eigenvalue weighted by molar-refractivity contribution is 5.94. The number of aromatic nitrogens is 4. The summed E-state index contributed by atoms with van der Waals surface area (Å²) in [4.78, 5) is 30.9. The van der Waals surface area contributed by atoms with E-state index in [1.54, 1.807) is 12.4 Å². The summed E-state index contributed by atoms with van der Waals surface area (Å²) in [5, 5.41) is 0. The van der Waals surface area contributed by atoms with Crippen molar-refractivity contribution in [2.24, 2.45) is 0 Å². The Labute approximate surface area is 133 Å². The number of H-pyrrole nitrogens is 1. The molecule has 0 spiro atoms. The summed E-state index contributed by atoms with van der Waals surface area (Å²) in [5.74, 6) is 0.255. The number of aromatic amines is 1. The minimum absolute atomic E-state index is 0.0118. The smallest absolute Gasteiger partial charge is 0.290 e. The Bertz CT molecular complexity index is 901. The van der Waals surface area contributed by atoms with Gasteiger partial charge in [0.15, 0.2) is 11.5 Å². The van der Waals surface area contributed by atoms with E-state index < -0.39 is 0 Å². The highest BCUT2D eigenvalue weighted by Gasteiger charge is 2.30. The average molecular weight is 307 g/mol. The Morgan fingerprint density at radius 1 is 1.30 bits per heavy atom. The summed E-state index contributed by atoms with van der Waals surface area (Å²) in [6.07, 6.45) is 4.28. The monoisotopic (exact) mass is 307 g/mol. The van der Waals surface area contributed by atoms with Crippen LogP contribution in [0.3, 0.4) is 0 Å². The van der Waals surface area contributed by atoms with Crippen LogP contribution < -0.4 is 0 Å². The van der Waals surface area contributed by atoms with E-state index in [9.17, 15) is 4.79 Å². The number of amides is 1. The first-order valence-corrected chi connectivity index (χ1v) is 7.71. The third-order valence-corrected chi connectivity index (χ3v) is 4.50. The normalized spacial score (nSPS) is 17.3. The molecule has 4 heterocycles. The maximum atomic E-state index is 12.9. The highest BCUT2D eigenvalue weighted by atomic mass is 16.2. The van der Waals surface area contributed by atoms with E-state index >= 15 is 0 Å². The molecule has 3 aromatic rings. The van der Waals surface area contributed by atoms with Crippen molar-refractivity contribution in [3.8, 4) is 0 Å². The van der Waals surface area contributed by atoms with Crippen molar-refractivity contribution < 1.29 is 4.79 Å². The molecule has 0 aliphatic carbocycles. The van der Waals surface area contributed by atoms with Crippen molar-refractivity contribution >= 4 is 17.1 Å². The molecule has 4 rings (SSSR count). The molecular weight excluding hydrogens is 290 g/mol. The van der Waals surface area contributed by atoms with Crippen LogP contribution in [-0.4, -0.2) is 37.3 Å². The van der Waals surface area contributed by atoms with Gasteiger partial charge in [0.05, 0.1) is 11.6 Å². The molecule has 1 amide bonds. The van der Waals surface area contributed by atoms with E-state index in [4.69, 9.17) is 0 Å². The number of carbonyl (C=O) groups excluding carboxylic acids is 1. The van der Waals surface area contributed by atoms with E-state index in [0.717, 1.165) is 28.8 Å². The average Bonchev–Trinajstić information content (AvgIpc) is 3.01. The van der Waals surface area contributed by atoms with E-state index in [2.05, 4.69) is 19.9 Å². The van der Waals surface area contributed by atoms with Gasteiger partial charge in [-0.15, -0.1) is 0 Å². The number of nitrogens with zero attached hydrogens (tertiary/aromatic N) is 4. The predicted molar refractivity (Wildman–Crippen MR) is 86.0 cm³/mol. The lowest BCUT2D eigenvalue weighted by Crippen LogP contribution is -2.39. The van der Waals surface area contributed by atoms with Gasteiger partial charge in [0, 0.05) is 31.1 Å². The number of rotatable bonds is 1. The number of carbonyl (C=O) groups is 1. The summed E-state index contributed by atoms with van der Waals surface area (Å²) < 4.78 is 0. The van der Waals surface area contributed by atoms with Gasteiger partial charge in [-0.25, -0.2) is 9.97 Å². The van der Waals surface area contributed by atoms with Gasteiger partial charge in [-0.1, -0.05) is 6.07 Å². The lowest BCUT2D eigenvalue weighted by atomic mass is 9.98. The molecule has 6 nitrogen and oxygen atoms in total. The van der Waals surface area contributed by atoms with Crippen LogP contribution in [0, 0.1) is 6.92 Å². The first-order chi connectivity index (χ1) is 11.1. The topological polar surface area (TPSA) is 74.8 Å². The number of nitrogens with one attached hydrogen (secondary N) is 1. The van der Waals surface area contributed by atoms with Crippen molar-refractivity contribution in [2.45, 2.75) is 26.3 Å². The van der Waals surface area contributed by atoms with Crippen LogP contribution in [0.1, 0.15) is 40.4 Å². The summed E-state index contributed by atoms with van der Waals surface area (Å²) in [7, 11) is 0. The third kappa shape index (κ3) is 2.18. The second-order valence-corrected chi connectivity index (χ2v) is 5.88. The predicted octanol–water partition coefficient (Wildman–Crippen LogP) is 2.42. The lowest BCUT2D eigenvalue weighted by molar-refractivity contribution is 0.0665. The molecule has 1 atom stereocenters. The molecule has 23 heavy (non-hydrogen) atoms. The molecule has 1 aliphatic rings. The Morgan fingerprint density at radius 3 is 3.00 bits per heavy atom. The van der Waals surface area contributed by atoms with Crippen LogP contribution in [0.4, 0.5) is 0 Å². The molecule has 0 fully saturated rings. The second kappa shape index (κ2) is 5.15. The van der Waals surface area contributed by atoms with Crippen molar-refractivity contribution in [3.63, 3.8) is 0 Å². The maximum absolute atomic E-state index is 12.9. The Kier molecular flexibility index (Phi) is 3.11. The zero-order chi connectivity index (χ0) is 16.0. The van der Waals surface area contributed by atoms with Crippen LogP contribution in [0.2, 0.25) is 0 Å². The maximum Gasteiger partial charge on any atom is 0.290 e. The lowest BCUT2D eigenvalue weighted by Gasteiger charge is -2.34. The van der Waals surface area contributed by atoms with Gasteiger partial charge >= 0.3 is 0 Å². The third-order valence-electron chi connectivity index (χ3n) is 4.50. The first-order valence-electron chi connectivity index (χ1n) is 7.71. The summed E-state index contributed by atoms with van der Waals surface area (Å²) in [6.45, 7) is 4.65. The molecule has 6 heteroatoms.